The number of carbonyl (C=O) groups is 1. The van der Waals surface area contributed by atoms with Crippen molar-refractivity contribution in [1.82, 2.24) is 5.32 Å². The lowest BCUT2D eigenvalue weighted by molar-refractivity contribution is 0.0932. The number of nitrogens with one attached hydrogen (secondary N) is 1. The lowest BCUT2D eigenvalue weighted by atomic mass is 9.95. The van der Waals surface area contributed by atoms with Crippen LogP contribution in [0.2, 0.25) is 0 Å². The van der Waals surface area contributed by atoms with Crippen LogP contribution in [0.3, 0.4) is 0 Å². The summed E-state index contributed by atoms with van der Waals surface area (Å²) < 4.78 is 6.62. The highest BCUT2D eigenvalue weighted by Gasteiger charge is 2.42. The topological polar surface area (TPSA) is 58.6 Å². The Balaban J connectivity index is 2.43. The molecule has 1 amide bonds. The normalized spacial score (nSPS) is 21.1. The maximum atomic E-state index is 10.8. The van der Waals surface area contributed by atoms with Crippen LogP contribution in [0.25, 0.3) is 0 Å². The zero-order valence-corrected chi connectivity index (χ0v) is 10.5. The van der Waals surface area contributed by atoms with Gasteiger partial charge in [-0.3, -0.25) is 0 Å². The molecule has 0 fully saturated rings. The summed E-state index contributed by atoms with van der Waals surface area (Å²) in [5.41, 5.74) is 0.295. The van der Waals surface area contributed by atoms with Crippen LogP contribution in [0.4, 0.5) is 4.79 Å². The monoisotopic (exact) mass is 285 g/mol. The summed E-state index contributed by atoms with van der Waals surface area (Å²) in [6, 6.07) is 5.24. The Labute approximate surface area is 102 Å². The van der Waals surface area contributed by atoms with Crippen LogP contribution >= 0.6 is 15.9 Å². The van der Waals surface area contributed by atoms with Gasteiger partial charge in [-0.25, -0.2) is 4.79 Å². The van der Waals surface area contributed by atoms with Gasteiger partial charge in [-0.1, -0.05) is 15.9 Å². The number of fused-ring (bicyclic) bond motifs is 1. The predicted molar refractivity (Wildman–Crippen MR) is 62.8 cm³/mol. The number of halogens is 1. The van der Waals surface area contributed by atoms with E-state index >= 15 is 0 Å². The van der Waals surface area contributed by atoms with Crippen molar-refractivity contribution in [3.63, 3.8) is 0 Å². The van der Waals surface area contributed by atoms with Crippen LogP contribution in [0.15, 0.2) is 22.7 Å². The molecule has 5 heteroatoms. The second kappa shape index (κ2) is 3.66. The van der Waals surface area contributed by atoms with E-state index in [0.717, 1.165) is 15.8 Å². The van der Waals surface area contributed by atoms with Gasteiger partial charge in [-0.05, 0) is 32.0 Å². The molecule has 1 aliphatic heterocycles. The summed E-state index contributed by atoms with van der Waals surface area (Å²) in [6.45, 7) is 3.73. The second-order valence-electron chi connectivity index (χ2n) is 4.27. The summed E-state index contributed by atoms with van der Waals surface area (Å²) >= 11 is 3.37. The Morgan fingerprint density at radius 2 is 2.25 bits per heavy atom. The molecule has 1 atom stereocenters. The Hall–Kier alpha value is -1.23. The molecule has 0 radical (unpaired) electrons. The first-order valence-corrected chi connectivity index (χ1v) is 5.67. The minimum absolute atomic E-state index is 0.350. The summed E-state index contributed by atoms with van der Waals surface area (Å²) in [7, 11) is 0. The number of benzene rings is 1. The molecule has 1 unspecified atom stereocenters. The fourth-order valence-corrected chi connectivity index (χ4v) is 2.31. The van der Waals surface area contributed by atoms with Crippen molar-refractivity contribution in [2.45, 2.75) is 25.5 Å². The first-order valence-electron chi connectivity index (χ1n) is 4.88. The average Bonchev–Trinajstić information content (AvgIpc) is 2.38. The number of carboxylic acid groups (broad SMARTS) is 1. The summed E-state index contributed by atoms with van der Waals surface area (Å²) in [5.74, 6) is 0.729. The molecule has 0 saturated carbocycles. The third-order valence-corrected chi connectivity index (χ3v) is 3.11. The molecule has 86 valence electrons. The van der Waals surface area contributed by atoms with Crippen LogP contribution < -0.4 is 10.1 Å². The Bertz CT molecular complexity index is 445. The highest BCUT2D eigenvalue weighted by Crippen LogP contribution is 2.43. The third-order valence-electron chi connectivity index (χ3n) is 2.62. The fraction of sp³-hybridized carbons (Fsp3) is 0.364. The molecule has 1 heterocycles. The Morgan fingerprint density at radius 3 is 2.88 bits per heavy atom. The van der Waals surface area contributed by atoms with Crippen molar-refractivity contribution < 1.29 is 14.6 Å². The first-order chi connectivity index (χ1) is 7.40. The number of hydrogen-bond acceptors (Lipinski definition) is 2. The lowest BCUT2D eigenvalue weighted by Gasteiger charge is -2.25. The van der Waals surface area contributed by atoms with Gasteiger partial charge in [0.15, 0.2) is 0 Å². The van der Waals surface area contributed by atoms with Gasteiger partial charge in [0.25, 0.3) is 0 Å². The van der Waals surface area contributed by atoms with E-state index in [0.29, 0.717) is 0 Å². The molecule has 1 aromatic carbocycles. The fourth-order valence-electron chi connectivity index (χ4n) is 1.93. The van der Waals surface area contributed by atoms with Crippen molar-refractivity contribution in [2.24, 2.45) is 0 Å². The van der Waals surface area contributed by atoms with Crippen molar-refractivity contribution in [2.75, 3.05) is 0 Å². The van der Waals surface area contributed by atoms with Gasteiger partial charge in [-0.2, -0.15) is 0 Å². The van der Waals surface area contributed by atoms with E-state index in [1.165, 1.54) is 0 Å². The molecular weight excluding hydrogens is 274 g/mol. The highest BCUT2D eigenvalue weighted by molar-refractivity contribution is 9.10. The molecular formula is C11H12BrNO3. The van der Waals surface area contributed by atoms with E-state index < -0.39 is 11.7 Å². The van der Waals surface area contributed by atoms with Gasteiger partial charge in [0.1, 0.15) is 17.4 Å². The molecule has 0 saturated heterocycles. The molecule has 1 aromatic rings. The number of hydrogen-bond donors (Lipinski definition) is 2. The largest absolute Gasteiger partial charge is 0.485 e. The third kappa shape index (κ3) is 1.87. The van der Waals surface area contributed by atoms with E-state index in [4.69, 9.17) is 9.84 Å². The van der Waals surface area contributed by atoms with E-state index in [-0.39, 0.29) is 6.04 Å². The van der Waals surface area contributed by atoms with Crippen LogP contribution in [-0.4, -0.2) is 16.8 Å². The van der Waals surface area contributed by atoms with Crippen molar-refractivity contribution in [1.29, 1.82) is 0 Å². The van der Waals surface area contributed by atoms with Gasteiger partial charge in [0, 0.05) is 10.0 Å². The molecule has 1 aliphatic rings. The van der Waals surface area contributed by atoms with Crippen LogP contribution in [0.1, 0.15) is 25.5 Å². The minimum Gasteiger partial charge on any atom is -0.485 e. The molecule has 2 N–H and O–H groups in total. The summed E-state index contributed by atoms with van der Waals surface area (Å²) in [4.78, 5) is 10.8. The molecule has 16 heavy (non-hydrogen) atoms. The number of rotatable bonds is 1. The molecule has 0 aromatic heterocycles. The van der Waals surface area contributed by atoms with Crippen molar-refractivity contribution in [3.8, 4) is 5.75 Å². The van der Waals surface area contributed by atoms with Gasteiger partial charge in [0.2, 0.25) is 0 Å². The van der Waals surface area contributed by atoms with Crippen LogP contribution in [0.5, 0.6) is 5.75 Å². The first kappa shape index (κ1) is 11.3. The van der Waals surface area contributed by atoms with Gasteiger partial charge >= 0.3 is 6.09 Å². The maximum Gasteiger partial charge on any atom is 0.405 e. The summed E-state index contributed by atoms with van der Waals surface area (Å²) in [5, 5.41) is 11.3. The minimum atomic E-state index is -1.05. The SMILES string of the molecule is CC1(C)Oc2ccc(Br)cc2C1NC(=O)O. The zero-order chi connectivity index (χ0) is 11.9. The van der Waals surface area contributed by atoms with Crippen LogP contribution in [0, 0.1) is 0 Å². The molecule has 0 bridgehead atoms. The van der Waals surface area contributed by atoms with Crippen molar-refractivity contribution in [3.05, 3.63) is 28.2 Å². The molecule has 0 spiro atoms. The number of ether oxygens (including phenoxy) is 1. The Morgan fingerprint density at radius 1 is 1.56 bits per heavy atom. The average molecular weight is 286 g/mol. The number of amides is 1. The maximum absolute atomic E-state index is 10.8. The van der Waals surface area contributed by atoms with E-state index in [1.807, 2.05) is 32.0 Å². The highest BCUT2D eigenvalue weighted by atomic mass is 79.9. The molecule has 0 aliphatic carbocycles. The van der Waals surface area contributed by atoms with E-state index in [2.05, 4.69) is 21.2 Å². The summed E-state index contributed by atoms with van der Waals surface area (Å²) in [6.07, 6.45) is -1.05. The molecule has 4 nitrogen and oxygen atoms in total. The van der Waals surface area contributed by atoms with E-state index in [1.54, 1.807) is 0 Å². The van der Waals surface area contributed by atoms with Crippen LogP contribution in [-0.2, 0) is 0 Å². The second-order valence-corrected chi connectivity index (χ2v) is 5.19. The van der Waals surface area contributed by atoms with Gasteiger partial charge in [-0.15, -0.1) is 0 Å². The standard InChI is InChI=1S/C11H12BrNO3/c1-11(2)9(13-10(14)15)7-5-6(12)3-4-8(7)16-11/h3-5,9,13H,1-2H3,(H,14,15). The molecule has 2 rings (SSSR count). The van der Waals surface area contributed by atoms with Gasteiger partial charge < -0.3 is 15.2 Å². The smallest absolute Gasteiger partial charge is 0.405 e. The Kier molecular flexibility index (Phi) is 2.58. The van der Waals surface area contributed by atoms with Gasteiger partial charge in [0.05, 0.1) is 0 Å². The quantitative estimate of drug-likeness (QED) is 0.834. The van der Waals surface area contributed by atoms with Crippen molar-refractivity contribution >= 4 is 22.0 Å². The lowest BCUT2D eigenvalue weighted by Crippen LogP contribution is -2.41. The van der Waals surface area contributed by atoms with E-state index in [9.17, 15) is 4.79 Å². The zero-order valence-electron chi connectivity index (χ0n) is 8.95. The predicted octanol–water partition coefficient (Wildman–Crippen LogP) is 2.93.